The highest BCUT2D eigenvalue weighted by Crippen LogP contribution is 2.32. The molecule has 0 spiro atoms. The van der Waals surface area contributed by atoms with Crippen LogP contribution in [0.2, 0.25) is 0 Å². The summed E-state index contributed by atoms with van der Waals surface area (Å²) < 4.78 is 36.0. The number of methoxy groups -OCH3 is 1. The molecule has 2 aromatic carbocycles. The normalized spacial score (nSPS) is 14.3. The number of nitrogens with zero attached hydrogens (tertiary/aromatic N) is 2. The lowest BCUT2D eigenvalue weighted by atomic mass is 9.93. The molecule has 1 aromatic heterocycles. The molecular weight excluding hydrogens is 470 g/mol. The minimum absolute atomic E-state index is 0.103. The molecule has 0 aliphatic heterocycles. The Balaban J connectivity index is 1.66. The van der Waals surface area contributed by atoms with E-state index in [4.69, 9.17) is 9.15 Å². The Morgan fingerprint density at radius 3 is 2.46 bits per heavy atom. The molecule has 4 rings (SSSR count). The zero-order chi connectivity index (χ0) is 25.2. The molecule has 182 valence electrons. The van der Waals surface area contributed by atoms with Crippen molar-refractivity contribution in [3.8, 4) is 0 Å². The Morgan fingerprint density at radius 1 is 1.06 bits per heavy atom. The van der Waals surface area contributed by atoms with Crippen LogP contribution < -0.4 is 9.73 Å². The molecule has 1 heterocycles. The number of carbonyl (C=O) groups is 2. The Labute approximate surface area is 203 Å². The van der Waals surface area contributed by atoms with Crippen LogP contribution in [-0.2, 0) is 21.2 Å². The minimum Gasteiger partial charge on any atom is -0.465 e. The van der Waals surface area contributed by atoms with Gasteiger partial charge < -0.3 is 14.1 Å². The fourth-order valence-electron chi connectivity index (χ4n) is 4.06. The molecule has 0 atom stereocenters. The monoisotopic (exact) mass is 495 g/mol. The maximum Gasteiger partial charge on any atom is 0.339 e. The number of esters is 1. The molecule has 1 aliphatic rings. The van der Waals surface area contributed by atoms with Crippen molar-refractivity contribution in [1.29, 1.82) is 0 Å². The number of hydrogen-bond donors (Lipinski definition) is 1. The first-order valence-corrected chi connectivity index (χ1v) is 12.4. The second kappa shape index (κ2) is 9.75. The summed E-state index contributed by atoms with van der Waals surface area (Å²) >= 11 is 0. The zero-order valence-corrected chi connectivity index (χ0v) is 20.4. The highest BCUT2D eigenvalue weighted by atomic mass is 32.2. The summed E-state index contributed by atoms with van der Waals surface area (Å²) in [5.74, 6) is -0.324. The summed E-state index contributed by atoms with van der Waals surface area (Å²) in [5, 5.41) is 4.19. The van der Waals surface area contributed by atoms with Gasteiger partial charge in [-0.05, 0) is 44.0 Å². The maximum absolute atomic E-state index is 13.4. The van der Waals surface area contributed by atoms with Gasteiger partial charge >= 0.3 is 5.97 Å². The lowest BCUT2D eigenvalue weighted by molar-refractivity contribution is 0.0601. The van der Waals surface area contributed by atoms with Crippen LogP contribution in [0.3, 0.4) is 0 Å². The average molecular weight is 496 g/mol. The number of amides is 1. The average Bonchev–Trinajstić information content (AvgIpc) is 3.23. The Hall–Kier alpha value is -3.92. The Bertz CT molecular complexity index is 1410. The number of para-hydroxylation sites is 1. The van der Waals surface area contributed by atoms with Crippen molar-refractivity contribution in [2.45, 2.75) is 31.1 Å². The van der Waals surface area contributed by atoms with E-state index in [1.165, 1.54) is 24.1 Å². The second-order valence-electron chi connectivity index (χ2n) is 8.05. The number of hydrazone groups is 1. The minimum atomic E-state index is -3.84. The SMILES string of the molecule is COC(=O)c1ccccc1N(C)C(=O)c1oc2c(c1C)/C(=N/NS(=O)(=O)c1ccccc1)CCC2. The molecule has 0 fully saturated rings. The van der Waals surface area contributed by atoms with Gasteiger partial charge in [0.15, 0.2) is 5.76 Å². The van der Waals surface area contributed by atoms with Gasteiger partial charge in [-0.25, -0.2) is 4.79 Å². The van der Waals surface area contributed by atoms with Crippen LogP contribution in [0.5, 0.6) is 0 Å². The van der Waals surface area contributed by atoms with Gasteiger partial charge in [-0.15, -0.1) is 0 Å². The molecule has 0 unspecified atom stereocenters. The largest absolute Gasteiger partial charge is 0.465 e. The molecule has 0 saturated heterocycles. The number of hydrogen-bond acceptors (Lipinski definition) is 7. The number of benzene rings is 2. The van der Waals surface area contributed by atoms with Crippen LogP contribution in [0.1, 0.15) is 50.6 Å². The van der Waals surface area contributed by atoms with Crippen molar-refractivity contribution >= 4 is 33.3 Å². The van der Waals surface area contributed by atoms with Gasteiger partial charge in [0, 0.05) is 24.6 Å². The fourth-order valence-corrected chi connectivity index (χ4v) is 4.91. The molecular formula is C25H25N3O6S. The molecule has 1 amide bonds. The topological polar surface area (TPSA) is 118 Å². The predicted molar refractivity (Wildman–Crippen MR) is 130 cm³/mol. The van der Waals surface area contributed by atoms with Crippen molar-refractivity contribution < 1.29 is 27.2 Å². The number of sulfonamides is 1. The standard InChI is InChI=1S/C25H25N3O6S/c1-16-22-19(26-27-35(31,32)17-10-5-4-6-11-17)13-9-15-21(22)34-23(16)24(29)28(2)20-14-8-7-12-18(20)25(30)33-3/h4-8,10-12,14,27H,9,13,15H2,1-3H3/b26-19+. The molecule has 0 bridgehead atoms. The van der Waals surface area contributed by atoms with E-state index in [1.54, 1.807) is 56.4 Å². The van der Waals surface area contributed by atoms with E-state index in [2.05, 4.69) is 9.93 Å². The quantitative estimate of drug-likeness (QED) is 0.412. The number of nitrogens with one attached hydrogen (secondary N) is 1. The number of carbonyl (C=O) groups excluding carboxylic acids is 2. The summed E-state index contributed by atoms with van der Waals surface area (Å²) in [6.45, 7) is 1.74. The van der Waals surface area contributed by atoms with Crippen LogP contribution in [0.15, 0.2) is 69.0 Å². The first-order chi connectivity index (χ1) is 16.7. The highest BCUT2D eigenvalue weighted by molar-refractivity contribution is 7.89. The summed E-state index contributed by atoms with van der Waals surface area (Å²) in [5.41, 5.74) is 2.32. The van der Waals surface area contributed by atoms with Gasteiger partial charge in [-0.2, -0.15) is 18.4 Å². The van der Waals surface area contributed by atoms with Crippen LogP contribution in [0, 0.1) is 6.92 Å². The van der Waals surface area contributed by atoms with Crippen molar-refractivity contribution in [2.24, 2.45) is 5.10 Å². The van der Waals surface area contributed by atoms with E-state index < -0.39 is 21.9 Å². The molecule has 1 N–H and O–H groups in total. The number of ether oxygens (including phenoxy) is 1. The third kappa shape index (κ3) is 4.69. The summed E-state index contributed by atoms with van der Waals surface area (Å²) in [6.07, 6.45) is 1.82. The number of fused-ring (bicyclic) bond motifs is 1. The van der Waals surface area contributed by atoms with Crippen molar-refractivity contribution in [1.82, 2.24) is 4.83 Å². The predicted octanol–water partition coefficient (Wildman–Crippen LogP) is 3.67. The van der Waals surface area contributed by atoms with Crippen molar-refractivity contribution in [2.75, 3.05) is 19.1 Å². The Kier molecular flexibility index (Phi) is 6.74. The van der Waals surface area contributed by atoms with Gasteiger partial charge in [0.05, 0.1) is 29.0 Å². The first kappa shape index (κ1) is 24.2. The number of aryl methyl sites for hydroxylation is 1. The molecule has 1 aliphatic carbocycles. The maximum atomic E-state index is 13.4. The van der Waals surface area contributed by atoms with E-state index in [1.807, 2.05) is 0 Å². The first-order valence-electron chi connectivity index (χ1n) is 11.0. The summed E-state index contributed by atoms with van der Waals surface area (Å²) in [7, 11) is -1.01. The van der Waals surface area contributed by atoms with Crippen LogP contribution in [0.25, 0.3) is 0 Å². The van der Waals surface area contributed by atoms with Gasteiger partial charge in [0.2, 0.25) is 0 Å². The molecule has 0 saturated carbocycles. The third-order valence-corrected chi connectivity index (χ3v) is 7.07. The third-order valence-electron chi connectivity index (χ3n) is 5.85. The smallest absolute Gasteiger partial charge is 0.339 e. The van der Waals surface area contributed by atoms with E-state index in [0.29, 0.717) is 47.5 Å². The van der Waals surface area contributed by atoms with Crippen LogP contribution in [0.4, 0.5) is 5.69 Å². The summed E-state index contributed by atoms with van der Waals surface area (Å²) in [4.78, 5) is 29.3. The molecule has 3 aromatic rings. The van der Waals surface area contributed by atoms with E-state index >= 15 is 0 Å². The van der Waals surface area contributed by atoms with E-state index in [9.17, 15) is 18.0 Å². The number of furan rings is 1. The van der Waals surface area contributed by atoms with Crippen LogP contribution >= 0.6 is 0 Å². The Morgan fingerprint density at radius 2 is 1.74 bits per heavy atom. The van der Waals surface area contributed by atoms with Gasteiger partial charge in [-0.1, -0.05) is 30.3 Å². The van der Waals surface area contributed by atoms with Gasteiger partial charge in [0.1, 0.15) is 5.76 Å². The highest BCUT2D eigenvalue weighted by Gasteiger charge is 2.31. The van der Waals surface area contributed by atoms with Crippen molar-refractivity contribution in [3.63, 3.8) is 0 Å². The lowest BCUT2D eigenvalue weighted by Crippen LogP contribution is -2.28. The van der Waals surface area contributed by atoms with E-state index in [-0.39, 0.29) is 16.2 Å². The summed E-state index contributed by atoms with van der Waals surface area (Å²) in [6, 6.07) is 14.6. The lowest BCUT2D eigenvalue weighted by Gasteiger charge is -2.19. The van der Waals surface area contributed by atoms with Crippen molar-refractivity contribution in [3.05, 3.63) is 82.8 Å². The zero-order valence-electron chi connectivity index (χ0n) is 19.6. The van der Waals surface area contributed by atoms with Gasteiger partial charge in [-0.3, -0.25) is 4.79 Å². The fraction of sp³-hybridized carbons (Fsp3) is 0.240. The number of rotatable bonds is 6. The molecule has 10 heteroatoms. The molecule has 35 heavy (non-hydrogen) atoms. The molecule has 0 radical (unpaired) electrons. The second-order valence-corrected chi connectivity index (χ2v) is 9.71. The molecule has 9 nitrogen and oxygen atoms in total. The van der Waals surface area contributed by atoms with E-state index in [0.717, 1.165) is 0 Å². The number of anilines is 1. The van der Waals surface area contributed by atoms with Gasteiger partial charge in [0.25, 0.3) is 15.9 Å². The van der Waals surface area contributed by atoms with Crippen LogP contribution in [-0.4, -0.2) is 40.2 Å².